The fraction of sp³-hybridized carbons (Fsp3) is 0.286. The molecule has 3 N–H and O–H groups in total. The van der Waals surface area contributed by atoms with Crippen molar-refractivity contribution in [2.24, 2.45) is 10.7 Å². The highest BCUT2D eigenvalue weighted by molar-refractivity contribution is 7.83. The summed E-state index contributed by atoms with van der Waals surface area (Å²) < 4.78 is 20.2. The minimum Gasteiger partial charge on any atom is -0.435 e. The zero-order valence-corrected chi connectivity index (χ0v) is 20.1. The number of halogens is 1. The number of aromatic nitrogens is 3. The zero-order chi connectivity index (χ0) is 22.6. The number of hydrogen-bond donors (Lipinski definition) is 2. The molecule has 3 aromatic heterocycles. The Balaban J connectivity index is 1.56. The fourth-order valence-electron chi connectivity index (χ4n) is 3.75. The highest BCUT2D eigenvalue weighted by Gasteiger charge is 2.39. The van der Waals surface area contributed by atoms with Crippen molar-refractivity contribution in [3.63, 3.8) is 0 Å². The first-order valence-corrected chi connectivity index (χ1v) is 12.5. The molecule has 166 valence electrons. The fourth-order valence-corrected chi connectivity index (χ4v) is 6.54. The Hall–Kier alpha value is -2.69. The number of thiophene rings is 1. The van der Waals surface area contributed by atoms with Crippen LogP contribution in [0.4, 0.5) is 0 Å². The molecular formula is C21H21ClN6O2S2. The number of aromatic amines is 1. The van der Waals surface area contributed by atoms with Gasteiger partial charge in [-0.3, -0.25) is 4.31 Å². The second kappa shape index (κ2) is 7.72. The van der Waals surface area contributed by atoms with Crippen molar-refractivity contribution in [1.82, 2.24) is 19.3 Å². The summed E-state index contributed by atoms with van der Waals surface area (Å²) in [6, 6.07) is 7.76. The van der Waals surface area contributed by atoms with Gasteiger partial charge in [0.2, 0.25) is 11.9 Å². The molecule has 0 saturated carbocycles. The number of rotatable bonds is 4. The summed E-state index contributed by atoms with van der Waals surface area (Å²) in [6.07, 6.45) is 2.39. The number of aryl methyl sites for hydroxylation is 1. The Bertz CT molecular complexity index is 1390. The van der Waals surface area contributed by atoms with E-state index < -0.39 is 16.5 Å². The highest BCUT2D eigenvalue weighted by atomic mass is 35.5. The molecule has 0 spiro atoms. The number of fused-ring (bicyclic) bond motifs is 1. The van der Waals surface area contributed by atoms with Gasteiger partial charge in [-0.25, -0.2) is 19.2 Å². The van der Waals surface area contributed by atoms with Crippen molar-refractivity contribution < 1.29 is 8.63 Å². The lowest BCUT2D eigenvalue weighted by Gasteiger charge is -2.33. The zero-order valence-electron chi connectivity index (χ0n) is 17.7. The predicted molar refractivity (Wildman–Crippen MR) is 129 cm³/mol. The van der Waals surface area contributed by atoms with Crippen molar-refractivity contribution in [2.45, 2.75) is 25.8 Å². The van der Waals surface area contributed by atoms with Gasteiger partial charge in [0.05, 0.1) is 43.6 Å². The maximum Gasteiger partial charge on any atom is 0.237 e. The number of oxazole rings is 1. The molecule has 0 bridgehead atoms. The first-order chi connectivity index (χ1) is 15.3. The van der Waals surface area contributed by atoms with Gasteiger partial charge in [0.25, 0.3) is 0 Å². The number of imidazole rings is 1. The average molecular weight is 489 g/mol. The standard InChI is InChI=1S/C21H21ClN6O2S2/c1-4-13-17(11-5-6-14-15(7-11)25-10-24-14)30-19(26-13)16-8-12(22)18(31-16)21(2)9-32(29)28(3)20(23)27-21/h5-8,10H,4,9H2,1-3H3,(H2,23,27)(H,24,25). The number of nitrogens with two attached hydrogens (primary N) is 1. The van der Waals surface area contributed by atoms with E-state index in [1.54, 1.807) is 13.4 Å². The van der Waals surface area contributed by atoms with Gasteiger partial charge in [0.1, 0.15) is 16.5 Å². The number of nitrogens with zero attached hydrogens (tertiary/aromatic N) is 4. The monoisotopic (exact) mass is 488 g/mol. The van der Waals surface area contributed by atoms with Crippen molar-refractivity contribution in [1.29, 1.82) is 0 Å². The molecule has 2 unspecified atom stereocenters. The van der Waals surface area contributed by atoms with Crippen LogP contribution in [0.25, 0.3) is 33.1 Å². The van der Waals surface area contributed by atoms with Crippen LogP contribution in [0.1, 0.15) is 24.4 Å². The molecule has 11 heteroatoms. The van der Waals surface area contributed by atoms with Gasteiger partial charge < -0.3 is 15.1 Å². The SMILES string of the molecule is CCc1nc(-c2cc(Cl)c(C3(C)CS(=O)N(C)C(N)=N3)s2)oc1-c1ccc2nc[nH]c2c1. The number of guanidine groups is 1. The summed E-state index contributed by atoms with van der Waals surface area (Å²) in [7, 11) is 0.380. The van der Waals surface area contributed by atoms with Crippen LogP contribution >= 0.6 is 22.9 Å². The number of aliphatic imine (C=N–C) groups is 1. The third-order valence-corrected chi connectivity index (χ3v) is 8.89. The second-order valence-electron chi connectivity index (χ2n) is 7.78. The molecule has 1 aromatic carbocycles. The van der Waals surface area contributed by atoms with E-state index in [1.807, 2.05) is 38.1 Å². The summed E-state index contributed by atoms with van der Waals surface area (Å²) >= 11 is 8.04. The topological polar surface area (TPSA) is 113 Å². The summed E-state index contributed by atoms with van der Waals surface area (Å²) in [4.78, 5) is 18.3. The number of benzene rings is 1. The molecule has 4 heterocycles. The van der Waals surface area contributed by atoms with Crippen LogP contribution in [0, 0.1) is 0 Å². The van der Waals surface area contributed by atoms with Crippen LogP contribution in [0.5, 0.6) is 0 Å². The maximum absolute atomic E-state index is 12.5. The van der Waals surface area contributed by atoms with Gasteiger partial charge in [0, 0.05) is 12.6 Å². The van der Waals surface area contributed by atoms with E-state index in [9.17, 15) is 4.21 Å². The van der Waals surface area contributed by atoms with E-state index in [0.717, 1.165) is 44.2 Å². The highest BCUT2D eigenvalue weighted by Crippen LogP contribution is 2.44. The van der Waals surface area contributed by atoms with Crippen LogP contribution in [0.3, 0.4) is 0 Å². The van der Waals surface area contributed by atoms with Gasteiger partial charge in [0.15, 0.2) is 5.76 Å². The Kier molecular flexibility index (Phi) is 5.11. The molecule has 1 aliphatic rings. The molecule has 0 aliphatic carbocycles. The van der Waals surface area contributed by atoms with Crippen molar-refractivity contribution in [3.8, 4) is 22.1 Å². The molecular weight excluding hydrogens is 468 g/mol. The summed E-state index contributed by atoms with van der Waals surface area (Å²) in [5.41, 5.74) is 8.82. The lowest BCUT2D eigenvalue weighted by molar-refractivity contribution is 0.524. The normalized spacial score (nSPS) is 21.3. The minimum absolute atomic E-state index is 0.226. The van der Waals surface area contributed by atoms with E-state index in [2.05, 4.69) is 15.0 Å². The largest absolute Gasteiger partial charge is 0.435 e. The van der Waals surface area contributed by atoms with Gasteiger partial charge >= 0.3 is 0 Å². The van der Waals surface area contributed by atoms with E-state index in [0.29, 0.717) is 16.7 Å². The first-order valence-electron chi connectivity index (χ1n) is 10.00. The van der Waals surface area contributed by atoms with Gasteiger partial charge in [-0.2, -0.15) is 0 Å². The Labute approximate surface area is 196 Å². The van der Waals surface area contributed by atoms with Crippen molar-refractivity contribution in [3.05, 3.63) is 46.2 Å². The molecule has 2 atom stereocenters. The van der Waals surface area contributed by atoms with Crippen LogP contribution in [0.2, 0.25) is 5.02 Å². The second-order valence-corrected chi connectivity index (χ2v) is 10.7. The number of H-pyrrole nitrogens is 1. The van der Waals surface area contributed by atoms with E-state index in [1.165, 1.54) is 15.6 Å². The van der Waals surface area contributed by atoms with Gasteiger partial charge in [-0.1, -0.05) is 18.5 Å². The van der Waals surface area contributed by atoms with E-state index in [-0.39, 0.29) is 5.96 Å². The summed E-state index contributed by atoms with van der Waals surface area (Å²) in [6.45, 7) is 3.93. The van der Waals surface area contributed by atoms with Crippen LogP contribution in [-0.2, 0) is 22.9 Å². The Morgan fingerprint density at radius 3 is 2.97 bits per heavy atom. The quantitative estimate of drug-likeness (QED) is 0.444. The van der Waals surface area contributed by atoms with Crippen LogP contribution in [-0.4, -0.2) is 42.2 Å². The number of hydrogen-bond acceptors (Lipinski definition) is 7. The molecule has 0 amide bonds. The molecule has 1 aliphatic heterocycles. The Morgan fingerprint density at radius 1 is 1.41 bits per heavy atom. The van der Waals surface area contributed by atoms with Crippen LogP contribution < -0.4 is 5.73 Å². The summed E-state index contributed by atoms with van der Waals surface area (Å²) in [5.74, 6) is 1.74. The summed E-state index contributed by atoms with van der Waals surface area (Å²) in [5, 5.41) is 0.530. The molecule has 32 heavy (non-hydrogen) atoms. The first kappa shape index (κ1) is 21.2. The molecule has 5 rings (SSSR count). The minimum atomic E-state index is -1.28. The van der Waals surface area contributed by atoms with Crippen molar-refractivity contribution >= 4 is 50.9 Å². The lowest BCUT2D eigenvalue weighted by Crippen LogP contribution is -2.47. The van der Waals surface area contributed by atoms with E-state index in [4.69, 9.17) is 26.7 Å². The molecule has 0 fully saturated rings. The predicted octanol–water partition coefficient (Wildman–Crippen LogP) is 4.30. The van der Waals surface area contributed by atoms with Gasteiger partial charge in [-0.05, 0) is 37.6 Å². The molecule has 0 saturated heterocycles. The van der Waals surface area contributed by atoms with Crippen molar-refractivity contribution in [2.75, 3.05) is 12.8 Å². The molecule has 4 aromatic rings. The third kappa shape index (κ3) is 3.42. The number of nitrogens with one attached hydrogen (secondary N) is 1. The Morgan fingerprint density at radius 2 is 2.22 bits per heavy atom. The van der Waals surface area contributed by atoms with E-state index >= 15 is 0 Å². The maximum atomic E-state index is 12.5. The van der Waals surface area contributed by atoms with Gasteiger partial charge in [-0.15, -0.1) is 11.3 Å². The lowest BCUT2D eigenvalue weighted by atomic mass is 10.0. The molecule has 0 radical (unpaired) electrons. The smallest absolute Gasteiger partial charge is 0.237 e. The molecule has 8 nitrogen and oxygen atoms in total. The third-order valence-electron chi connectivity index (χ3n) is 5.50. The average Bonchev–Trinajstić information content (AvgIpc) is 3.48. The van der Waals surface area contributed by atoms with Crippen LogP contribution in [0.15, 0.2) is 40.0 Å².